The van der Waals surface area contributed by atoms with E-state index in [2.05, 4.69) is 24.5 Å². The van der Waals surface area contributed by atoms with Crippen LogP contribution in [0.4, 0.5) is 0 Å². The van der Waals surface area contributed by atoms with Crippen molar-refractivity contribution in [3.63, 3.8) is 0 Å². The fraction of sp³-hybridized carbons (Fsp3) is 0.846. The number of hydrogen-bond acceptors (Lipinski definition) is 3. The predicted octanol–water partition coefficient (Wildman–Crippen LogP) is 0.691. The van der Waals surface area contributed by atoms with Gasteiger partial charge in [0.25, 0.3) is 0 Å². The lowest BCUT2D eigenvalue weighted by atomic mass is 9.99. The molecular formula is C13H24N2O3. The van der Waals surface area contributed by atoms with Crippen LogP contribution in [0.15, 0.2) is 0 Å². The van der Waals surface area contributed by atoms with Crippen molar-refractivity contribution in [3.8, 4) is 0 Å². The molecule has 2 amide bonds. The van der Waals surface area contributed by atoms with Crippen LogP contribution in [0, 0.1) is 11.8 Å². The number of rotatable bonds is 6. The maximum atomic E-state index is 11.7. The molecule has 1 rings (SSSR count). The van der Waals surface area contributed by atoms with E-state index in [1.54, 1.807) is 0 Å². The van der Waals surface area contributed by atoms with E-state index in [1.165, 1.54) is 0 Å². The normalized spacial score (nSPS) is 16.6. The van der Waals surface area contributed by atoms with E-state index < -0.39 is 0 Å². The van der Waals surface area contributed by atoms with Crippen LogP contribution in [-0.2, 0) is 14.3 Å². The van der Waals surface area contributed by atoms with Gasteiger partial charge in [0.2, 0.25) is 11.8 Å². The summed E-state index contributed by atoms with van der Waals surface area (Å²) >= 11 is 0. The van der Waals surface area contributed by atoms with E-state index in [0.29, 0.717) is 25.7 Å². The van der Waals surface area contributed by atoms with Crippen molar-refractivity contribution in [3.05, 3.63) is 0 Å². The van der Waals surface area contributed by atoms with Gasteiger partial charge in [-0.1, -0.05) is 13.8 Å². The Morgan fingerprint density at radius 1 is 1.22 bits per heavy atom. The molecule has 0 aromatic heterocycles. The Morgan fingerprint density at radius 3 is 2.50 bits per heavy atom. The van der Waals surface area contributed by atoms with Crippen molar-refractivity contribution in [1.29, 1.82) is 0 Å². The average molecular weight is 256 g/mol. The zero-order valence-corrected chi connectivity index (χ0v) is 11.3. The Morgan fingerprint density at radius 2 is 1.89 bits per heavy atom. The van der Waals surface area contributed by atoms with Crippen LogP contribution in [-0.4, -0.2) is 38.1 Å². The minimum absolute atomic E-state index is 0.00205. The topological polar surface area (TPSA) is 67.4 Å². The summed E-state index contributed by atoms with van der Waals surface area (Å²) in [6.45, 7) is 6.24. The number of ether oxygens (including phenoxy) is 1. The summed E-state index contributed by atoms with van der Waals surface area (Å²) in [5.74, 6) is 0.428. The van der Waals surface area contributed by atoms with Crippen molar-refractivity contribution in [1.82, 2.24) is 10.6 Å². The number of hydrogen-bond donors (Lipinski definition) is 2. The highest BCUT2D eigenvalue weighted by atomic mass is 16.5. The summed E-state index contributed by atoms with van der Waals surface area (Å²) in [5, 5.41) is 5.48. The molecule has 0 aliphatic carbocycles. The van der Waals surface area contributed by atoms with Gasteiger partial charge in [-0.25, -0.2) is 0 Å². The third kappa shape index (κ3) is 6.00. The molecule has 0 unspecified atom stereocenters. The van der Waals surface area contributed by atoms with E-state index in [9.17, 15) is 9.59 Å². The standard InChI is InChI=1S/C13H24N2O3/c1-10(2)3-6-14-12(16)9-15-13(17)11-4-7-18-8-5-11/h10-11H,3-9H2,1-2H3,(H,14,16)(H,15,17). The first-order valence-electron chi connectivity index (χ1n) is 6.71. The Kier molecular flexibility index (Phi) is 6.72. The van der Waals surface area contributed by atoms with Crippen LogP contribution >= 0.6 is 0 Å². The van der Waals surface area contributed by atoms with Gasteiger partial charge in [0, 0.05) is 25.7 Å². The fourth-order valence-corrected chi connectivity index (χ4v) is 1.83. The number of nitrogens with one attached hydrogen (secondary N) is 2. The van der Waals surface area contributed by atoms with E-state index >= 15 is 0 Å². The second-order valence-electron chi connectivity index (χ2n) is 5.14. The molecule has 5 heteroatoms. The first-order valence-corrected chi connectivity index (χ1v) is 6.71. The molecular weight excluding hydrogens is 232 g/mol. The van der Waals surface area contributed by atoms with Gasteiger partial charge in [0.1, 0.15) is 0 Å². The maximum Gasteiger partial charge on any atom is 0.239 e. The molecule has 1 aliphatic rings. The fourth-order valence-electron chi connectivity index (χ4n) is 1.83. The lowest BCUT2D eigenvalue weighted by Crippen LogP contribution is -2.41. The molecule has 0 aromatic rings. The molecule has 0 spiro atoms. The summed E-state index contributed by atoms with van der Waals surface area (Å²) in [7, 11) is 0. The third-order valence-electron chi connectivity index (χ3n) is 3.06. The minimum Gasteiger partial charge on any atom is -0.381 e. The van der Waals surface area contributed by atoms with Crippen molar-refractivity contribution >= 4 is 11.8 Å². The number of carbonyl (C=O) groups excluding carboxylic acids is 2. The summed E-state index contributed by atoms with van der Waals surface area (Å²) in [5.41, 5.74) is 0. The van der Waals surface area contributed by atoms with Crippen LogP contribution in [0.1, 0.15) is 33.1 Å². The zero-order valence-electron chi connectivity index (χ0n) is 11.3. The molecule has 1 aliphatic heterocycles. The Bertz CT molecular complexity index is 273. The highest BCUT2D eigenvalue weighted by molar-refractivity contribution is 5.85. The van der Waals surface area contributed by atoms with Crippen LogP contribution in [0.5, 0.6) is 0 Å². The molecule has 104 valence electrons. The summed E-state index contributed by atoms with van der Waals surface area (Å²) in [6.07, 6.45) is 2.46. The van der Waals surface area contributed by atoms with Gasteiger partial charge in [0.15, 0.2) is 0 Å². The highest BCUT2D eigenvalue weighted by Gasteiger charge is 2.21. The molecule has 1 heterocycles. The van der Waals surface area contributed by atoms with Gasteiger partial charge < -0.3 is 15.4 Å². The van der Waals surface area contributed by atoms with E-state index in [1.807, 2.05) is 0 Å². The first-order chi connectivity index (χ1) is 8.59. The average Bonchev–Trinajstić information content (AvgIpc) is 2.36. The van der Waals surface area contributed by atoms with E-state index in [4.69, 9.17) is 4.74 Å². The molecule has 1 saturated heterocycles. The Labute approximate surface area is 109 Å². The summed E-state index contributed by atoms with van der Waals surface area (Å²) < 4.78 is 5.19. The molecule has 0 bridgehead atoms. The van der Waals surface area contributed by atoms with E-state index in [-0.39, 0.29) is 24.3 Å². The largest absolute Gasteiger partial charge is 0.381 e. The minimum atomic E-state index is -0.115. The summed E-state index contributed by atoms with van der Waals surface area (Å²) in [4.78, 5) is 23.2. The molecule has 1 fully saturated rings. The van der Waals surface area contributed by atoms with Crippen LogP contribution in [0.2, 0.25) is 0 Å². The first kappa shape index (κ1) is 15.0. The molecule has 0 saturated carbocycles. The smallest absolute Gasteiger partial charge is 0.239 e. The quantitative estimate of drug-likeness (QED) is 0.735. The van der Waals surface area contributed by atoms with Crippen molar-refractivity contribution < 1.29 is 14.3 Å². The van der Waals surface area contributed by atoms with Crippen LogP contribution in [0.3, 0.4) is 0 Å². The Balaban J connectivity index is 2.11. The van der Waals surface area contributed by atoms with Gasteiger partial charge in [0.05, 0.1) is 6.54 Å². The SMILES string of the molecule is CC(C)CCNC(=O)CNC(=O)C1CCOCC1. The molecule has 0 atom stereocenters. The third-order valence-corrected chi connectivity index (χ3v) is 3.06. The van der Waals surface area contributed by atoms with Gasteiger partial charge in [-0.05, 0) is 25.2 Å². The maximum absolute atomic E-state index is 11.7. The lowest BCUT2D eigenvalue weighted by molar-refractivity contribution is -0.130. The summed E-state index contributed by atoms with van der Waals surface area (Å²) in [6, 6.07) is 0. The molecule has 18 heavy (non-hydrogen) atoms. The molecule has 0 aromatic carbocycles. The van der Waals surface area contributed by atoms with Gasteiger partial charge in [-0.3, -0.25) is 9.59 Å². The Hall–Kier alpha value is -1.10. The van der Waals surface area contributed by atoms with Crippen molar-refractivity contribution in [2.24, 2.45) is 11.8 Å². The van der Waals surface area contributed by atoms with E-state index in [0.717, 1.165) is 19.3 Å². The van der Waals surface area contributed by atoms with Gasteiger partial charge in [-0.2, -0.15) is 0 Å². The molecule has 5 nitrogen and oxygen atoms in total. The lowest BCUT2D eigenvalue weighted by Gasteiger charge is -2.21. The second-order valence-corrected chi connectivity index (χ2v) is 5.14. The van der Waals surface area contributed by atoms with Crippen LogP contribution in [0.25, 0.3) is 0 Å². The van der Waals surface area contributed by atoms with Crippen molar-refractivity contribution in [2.45, 2.75) is 33.1 Å². The molecule has 2 N–H and O–H groups in total. The molecule has 0 radical (unpaired) electrons. The van der Waals surface area contributed by atoms with Gasteiger partial charge >= 0.3 is 0 Å². The zero-order chi connectivity index (χ0) is 13.4. The second kappa shape index (κ2) is 8.08. The number of carbonyl (C=O) groups is 2. The highest BCUT2D eigenvalue weighted by Crippen LogP contribution is 2.14. The van der Waals surface area contributed by atoms with Gasteiger partial charge in [-0.15, -0.1) is 0 Å². The monoisotopic (exact) mass is 256 g/mol. The predicted molar refractivity (Wildman–Crippen MR) is 69.0 cm³/mol. The van der Waals surface area contributed by atoms with Crippen LogP contribution < -0.4 is 10.6 Å². The van der Waals surface area contributed by atoms with Crippen molar-refractivity contribution in [2.75, 3.05) is 26.3 Å². The number of amides is 2.